The monoisotopic (exact) mass is 564 g/mol. The van der Waals surface area contributed by atoms with E-state index in [1.54, 1.807) is 24.3 Å². The lowest BCUT2D eigenvalue weighted by molar-refractivity contribution is 0.0944. The van der Waals surface area contributed by atoms with E-state index in [1.807, 2.05) is 60.7 Å². The van der Waals surface area contributed by atoms with Crippen molar-refractivity contribution in [1.29, 1.82) is 0 Å². The highest BCUT2D eigenvalue weighted by Gasteiger charge is 2.25. The van der Waals surface area contributed by atoms with Gasteiger partial charge in [-0.3, -0.25) is 15.6 Å². The van der Waals surface area contributed by atoms with Crippen molar-refractivity contribution in [3.63, 3.8) is 0 Å². The van der Waals surface area contributed by atoms with Gasteiger partial charge in [-0.1, -0.05) is 72.3 Å². The van der Waals surface area contributed by atoms with Crippen LogP contribution in [0.5, 0.6) is 0 Å². The predicted octanol–water partition coefficient (Wildman–Crippen LogP) is 5.36. The Bertz CT molecular complexity index is 1440. The molecule has 3 N–H and O–H groups in total. The van der Waals surface area contributed by atoms with E-state index in [9.17, 15) is 13.2 Å². The van der Waals surface area contributed by atoms with Gasteiger partial charge in [-0.05, 0) is 71.9 Å². The average molecular weight is 565 g/mol. The molecule has 0 unspecified atom stereocenters. The zero-order valence-corrected chi connectivity index (χ0v) is 22.6. The molecule has 0 fully saturated rings. The third-order valence-electron chi connectivity index (χ3n) is 5.55. The van der Waals surface area contributed by atoms with Crippen LogP contribution < -0.4 is 16.2 Å². The second-order valence-corrected chi connectivity index (χ2v) is 11.1. The first-order valence-corrected chi connectivity index (χ1v) is 13.8. The zero-order valence-electron chi connectivity index (χ0n) is 20.2. The molecule has 0 aromatic heterocycles. The molecule has 0 atom stereocenters. The Labute approximate surface area is 232 Å². The maximum absolute atomic E-state index is 13.6. The minimum atomic E-state index is -3.86. The maximum atomic E-state index is 13.6. The summed E-state index contributed by atoms with van der Waals surface area (Å²) in [6.45, 7) is 0.421. The van der Waals surface area contributed by atoms with Crippen LogP contribution in [-0.4, -0.2) is 23.7 Å². The lowest BCUT2D eigenvalue weighted by Gasteiger charge is -2.23. The number of carbonyl (C=O) groups is 1. The highest BCUT2D eigenvalue weighted by Crippen LogP contribution is 2.22. The summed E-state index contributed by atoms with van der Waals surface area (Å²) in [5.74, 6) is -0.473. The molecule has 0 spiro atoms. The molecule has 7 nitrogen and oxygen atoms in total. The summed E-state index contributed by atoms with van der Waals surface area (Å²) < 4.78 is 28.6. The SMILES string of the molecule is O=C(NNC(=S)Nc1ccc(Cl)cc1)c1ccc(S(=O)(=O)N(Cc2ccccc2)Cc2ccccc2)cc1. The fraction of sp³-hybridized carbons (Fsp3) is 0.0714. The molecule has 0 aliphatic carbocycles. The molecule has 0 saturated carbocycles. The lowest BCUT2D eigenvalue weighted by Crippen LogP contribution is -2.43. The van der Waals surface area contributed by atoms with Gasteiger partial charge in [-0.2, -0.15) is 4.31 Å². The van der Waals surface area contributed by atoms with Crippen LogP contribution in [0.15, 0.2) is 114 Å². The summed E-state index contributed by atoms with van der Waals surface area (Å²) in [4.78, 5) is 12.7. The van der Waals surface area contributed by atoms with Crippen molar-refractivity contribution >= 4 is 50.5 Å². The molecule has 4 aromatic rings. The van der Waals surface area contributed by atoms with Gasteiger partial charge in [0, 0.05) is 29.4 Å². The molecule has 4 aromatic carbocycles. The number of sulfonamides is 1. The van der Waals surface area contributed by atoms with Crippen molar-refractivity contribution in [3.8, 4) is 0 Å². The van der Waals surface area contributed by atoms with E-state index >= 15 is 0 Å². The Morgan fingerprint density at radius 2 is 1.26 bits per heavy atom. The zero-order chi connectivity index (χ0) is 27.0. The number of rotatable bonds is 8. The number of hydrogen-bond donors (Lipinski definition) is 3. The Hall–Kier alpha value is -3.76. The third kappa shape index (κ3) is 7.39. The normalized spacial score (nSPS) is 11.1. The highest BCUT2D eigenvalue weighted by atomic mass is 35.5. The molecule has 0 aliphatic rings. The van der Waals surface area contributed by atoms with Crippen LogP contribution >= 0.6 is 23.8 Å². The number of nitrogens with zero attached hydrogens (tertiary/aromatic N) is 1. The Morgan fingerprint density at radius 3 is 1.79 bits per heavy atom. The molecule has 194 valence electrons. The average Bonchev–Trinajstić information content (AvgIpc) is 2.94. The van der Waals surface area contributed by atoms with E-state index in [-0.39, 0.29) is 28.7 Å². The maximum Gasteiger partial charge on any atom is 0.269 e. The van der Waals surface area contributed by atoms with Crippen molar-refractivity contribution in [2.24, 2.45) is 0 Å². The van der Waals surface area contributed by atoms with Crippen LogP contribution in [-0.2, 0) is 23.1 Å². The summed E-state index contributed by atoms with van der Waals surface area (Å²) in [7, 11) is -3.86. The predicted molar refractivity (Wildman–Crippen MR) is 154 cm³/mol. The Morgan fingerprint density at radius 1 is 0.737 bits per heavy atom. The largest absolute Gasteiger partial charge is 0.331 e. The molecule has 0 aliphatic heterocycles. The number of hydrazine groups is 1. The van der Waals surface area contributed by atoms with Crippen molar-refractivity contribution < 1.29 is 13.2 Å². The number of carbonyl (C=O) groups excluding carboxylic acids is 1. The van der Waals surface area contributed by atoms with Crippen LogP contribution in [0.1, 0.15) is 21.5 Å². The first kappa shape index (κ1) is 27.3. The summed E-state index contributed by atoms with van der Waals surface area (Å²) in [6.07, 6.45) is 0. The minimum absolute atomic E-state index is 0.0915. The summed E-state index contributed by atoms with van der Waals surface area (Å²) in [6, 6.07) is 31.5. The van der Waals surface area contributed by atoms with Crippen molar-refractivity contribution in [3.05, 3.63) is 131 Å². The topological polar surface area (TPSA) is 90.5 Å². The van der Waals surface area contributed by atoms with Crippen molar-refractivity contribution in [2.75, 3.05) is 5.32 Å². The van der Waals surface area contributed by atoms with Gasteiger partial charge < -0.3 is 5.32 Å². The summed E-state index contributed by atoms with van der Waals surface area (Å²) in [5, 5.41) is 3.69. The Kier molecular flexibility index (Phi) is 9.09. The number of hydrogen-bond acceptors (Lipinski definition) is 4. The van der Waals surface area contributed by atoms with Crippen LogP contribution in [0, 0.1) is 0 Å². The number of nitrogens with one attached hydrogen (secondary N) is 3. The Balaban J connectivity index is 1.44. The van der Waals surface area contributed by atoms with Crippen LogP contribution in [0.25, 0.3) is 0 Å². The van der Waals surface area contributed by atoms with Gasteiger partial charge in [0.1, 0.15) is 0 Å². The van der Waals surface area contributed by atoms with Gasteiger partial charge in [0.25, 0.3) is 5.91 Å². The first-order chi connectivity index (χ1) is 18.3. The van der Waals surface area contributed by atoms with E-state index < -0.39 is 15.9 Å². The smallest absolute Gasteiger partial charge is 0.269 e. The van der Waals surface area contributed by atoms with Gasteiger partial charge in [0.05, 0.1) is 4.90 Å². The quantitative estimate of drug-likeness (QED) is 0.197. The lowest BCUT2D eigenvalue weighted by atomic mass is 10.2. The van der Waals surface area contributed by atoms with Crippen LogP contribution in [0.4, 0.5) is 5.69 Å². The van der Waals surface area contributed by atoms with Crippen LogP contribution in [0.2, 0.25) is 5.02 Å². The highest BCUT2D eigenvalue weighted by molar-refractivity contribution is 7.89. The third-order valence-corrected chi connectivity index (χ3v) is 7.81. The number of anilines is 1. The second-order valence-electron chi connectivity index (χ2n) is 8.31. The molecule has 0 bridgehead atoms. The van der Waals surface area contributed by atoms with E-state index in [2.05, 4.69) is 16.2 Å². The second kappa shape index (κ2) is 12.7. The first-order valence-electron chi connectivity index (χ1n) is 11.6. The van der Waals surface area contributed by atoms with E-state index in [4.69, 9.17) is 23.8 Å². The fourth-order valence-corrected chi connectivity index (χ4v) is 5.32. The standard InChI is InChI=1S/C28H25ClN4O3S2/c29-24-13-15-25(16-14-24)30-28(37)32-31-27(34)23-11-17-26(18-12-23)38(35,36)33(19-21-7-3-1-4-8-21)20-22-9-5-2-6-10-22/h1-18H,19-20H2,(H,31,34)(H2,30,32,37). The van der Waals surface area contributed by atoms with Crippen molar-refractivity contribution in [2.45, 2.75) is 18.0 Å². The molecule has 0 heterocycles. The molecular weight excluding hydrogens is 540 g/mol. The van der Waals surface area contributed by atoms with E-state index in [0.717, 1.165) is 11.1 Å². The molecule has 4 rings (SSSR count). The molecule has 0 radical (unpaired) electrons. The molecule has 38 heavy (non-hydrogen) atoms. The summed E-state index contributed by atoms with van der Waals surface area (Å²) in [5.41, 5.74) is 7.83. The number of amides is 1. The number of halogens is 1. The van der Waals surface area contributed by atoms with Crippen molar-refractivity contribution in [1.82, 2.24) is 15.2 Å². The van der Waals surface area contributed by atoms with Gasteiger partial charge >= 0.3 is 0 Å². The van der Waals surface area contributed by atoms with Crippen LogP contribution in [0.3, 0.4) is 0 Å². The molecule has 0 saturated heterocycles. The minimum Gasteiger partial charge on any atom is -0.331 e. The van der Waals surface area contributed by atoms with E-state index in [0.29, 0.717) is 10.7 Å². The summed E-state index contributed by atoms with van der Waals surface area (Å²) >= 11 is 11.1. The molecule has 1 amide bonds. The molecular formula is C28H25ClN4O3S2. The van der Waals surface area contributed by atoms with Gasteiger partial charge in [-0.15, -0.1) is 0 Å². The molecule has 10 heteroatoms. The van der Waals surface area contributed by atoms with Gasteiger partial charge in [0.15, 0.2) is 5.11 Å². The number of benzene rings is 4. The fourth-order valence-electron chi connectivity index (χ4n) is 3.61. The van der Waals surface area contributed by atoms with Gasteiger partial charge in [-0.25, -0.2) is 8.42 Å². The van der Waals surface area contributed by atoms with Gasteiger partial charge in [0.2, 0.25) is 10.0 Å². The number of thiocarbonyl (C=S) groups is 1. The van der Waals surface area contributed by atoms with E-state index in [1.165, 1.54) is 28.6 Å².